The summed E-state index contributed by atoms with van der Waals surface area (Å²) in [7, 11) is 0. The normalized spacial score (nSPS) is 11.4. The highest BCUT2D eigenvalue weighted by Crippen LogP contribution is 2.15. The van der Waals surface area contributed by atoms with E-state index in [4.69, 9.17) is 4.74 Å². The van der Waals surface area contributed by atoms with Crippen LogP contribution in [0, 0.1) is 6.92 Å². The highest BCUT2D eigenvalue weighted by Gasteiger charge is 2.25. The molecule has 0 radical (unpaired) electrons. The van der Waals surface area contributed by atoms with Gasteiger partial charge in [0.15, 0.2) is 0 Å². The highest BCUT2D eigenvalue weighted by atomic mass is 19.4. The predicted octanol–water partition coefficient (Wildman–Crippen LogP) is 3.02. The van der Waals surface area contributed by atoms with Crippen molar-refractivity contribution in [3.05, 3.63) is 53.9 Å². The summed E-state index contributed by atoms with van der Waals surface area (Å²) in [6.07, 6.45) is 0. The van der Waals surface area contributed by atoms with Crippen LogP contribution >= 0.6 is 0 Å². The van der Waals surface area contributed by atoms with Gasteiger partial charge in [0.1, 0.15) is 12.4 Å². The van der Waals surface area contributed by atoms with Gasteiger partial charge in [-0.2, -0.15) is 0 Å². The lowest BCUT2D eigenvalue weighted by atomic mass is 9.80. The third-order valence-corrected chi connectivity index (χ3v) is 2.57. The molecular weight excluding hydrogens is 254 g/mol. The summed E-state index contributed by atoms with van der Waals surface area (Å²) in [5.41, 5.74) is 0.867. The van der Waals surface area contributed by atoms with E-state index in [0.717, 1.165) is 17.8 Å². The molecule has 100 valence electrons. The summed E-state index contributed by atoms with van der Waals surface area (Å²) in [6, 6.07) is 10.3. The van der Waals surface area contributed by atoms with Crippen molar-refractivity contribution in [1.82, 2.24) is 4.98 Å². The molecule has 0 fully saturated rings. The third-order valence-electron chi connectivity index (χ3n) is 2.57. The Morgan fingerprint density at radius 3 is 2.53 bits per heavy atom. The van der Waals surface area contributed by atoms with Crippen LogP contribution in [0.15, 0.2) is 42.5 Å². The van der Waals surface area contributed by atoms with Crippen LogP contribution in [0.4, 0.5) is 12.9 Å². The molecule has 0 saturated carbocycles. The minimum absolute atomic E-state index is 0.149. The van der Waals surface area contributed by atoms with Crippen LogP contribution in [-0.4, -0.2) is 12.0 Å². The second-order valence-corrected chi connectivity index (χ2v) is 4.21. The van der Waals surface area contributed by atoms with Crippen molar-refractivity contribution < 1.29 is 17.7 Å². The maximum absolute atomic E-state index is 12.6. The van der Waals surface area contributed by atoms with E-state index in [1.165, 1.54) is 12.1 Å². The molecule has 1 heterocycles. The average molecular weight is 266 g/mol. The molecule has 2 rings (SSSR count). The molecule has 0 aliphatic rings. The zero-order chi connectivity index (χ0) is 13.9. The number of hydrogen-bond acceptors (Lipinski definition) is 2. The monoisotopic (exact) mass is 266 g/mol. The van der Waals surface area contributed by atoms with Crippen LogP contribution in [0.25, 0.3) is 0 Å². The lowest BCUT2D eigenvalue weighted by molar-refractivity contribution is 0.301. The average Bonchev–Trinajstić information content (AvgIpc) is 2.36. The van der Waals surface area contributed by atoms with Crippen LogP contribution in [0.5, 0.6) is 5.75 Å². The Balaban J connectivity index is 2.08. The molecule has 0 saturated heterocycles. The van der Waals surface area contributed by atoms with E-state index in [-0.39, 0.29) is 12.4 Å². The Bertz CT molecular complexity index is 572. The first-order valence-electron chi connectivity index (χ1n) is 5.80. The van der Waals surface area contributed by atoms with Gasteiger partial charge in [-0.25, -0.2) is 0 Å². The van der Waals surface area contributed by atoms with Crippen molar-refractivity contribution in [3.8, 4) is 5.75 Å². The first-order chi connectivity index (χ1) is 8.95. The van der Waals surface area contributed by atoms with Crippen molar-refractivity contribution in [2.45, 2.75) is 13.5 Å². The van der Waals surface area contributed by atoms with Crippen molar-refractivity contribution in [1.29, 1.82) is 0 Å². The fourth-order valence-corrected chi connectivity index (χ4v) is 1.65. The van der Waals surface area contributed by atoms with E-state index in [1.807, 2.05) is 19.1 Å². The Morgan fingerprint density at radius 2 is 1.84 bits per heavy atom. The molecule has 0 aliphatic heterocycles. The van der Waals surface area contributed by atoms with Gasteiger partial charge in [-0.1, -0.05) is 18.2 Å². The summed E-state index contributed by atoms with van der Waals surface area (Å²) < 4.78 is 43.1. The van der Waals surface area contributed by atoms with E-state index in [0.29, 0.717) is 5.69 Å². The molecule has 1 aromatic heterocycles. The van der Waals surface area contributed by atoms with Crippen LogP contribution < -0.4 is 10.2 Å². The molecular formula is C13H12BF3NO-. The van der Waals surface area contributed by atoms with Gasteiger partial charge in [0.2, 0.25) is 0 Å². The molecule has 0 aliphatic carbocycles. The van der Waals surface area contributed by atoms with Crippen LogP contribution in [0.1, 0.15) is 11.4 Å². The third kappa shape index (κ3) is 3.74. The van der Waals surface area contributed by atoms with Crippen molar-refractivity contribution in [2.24, 2.45) is 0 Å². The predicted molar refractivity (Wildman–Crippen MR) is 68.5 cm³/mol. The number of nitrogens with zero attached hydrogens (tertiary/aromatic N) is 1. The van der Waals surface area contributed by atoms with E-state index >= 15 is 0 Å². The van der Waals surface area contributed by atoms with Gasteiger partial charge in [-0.3, -0.25) is 4.98 Å². The number of hydrogen-bond donors (Lipinski definition) is 0. The number of pyridine rings is 1. The maximum atomic E-state index is 12.6. The van der Waals surface area contributed by atoms with Crippen LogP contribution in [0.3, 0.4) is 0 Å². The zero-order valence-electron chi connectivity index (χ0n) is 10.3. The van der Waals surface area contributed by atoms with Gasteiger partial charge in [0.25, 0.3) is 0 Å². The summed E-state index contributed by atoms with van der Waals surface area (Å²) in [5, 5.41) is 0. The molecule has 6 heteroatoms. The number of rotatable bonds is 4. The topological polar surface area (TPSA) is 22.1 Å². The van der Waals surface area contributed by atoms with Crippen molar-refractivity contribution in [3.63, 3.8) is 0 Å². The summed E-state index contributed by atoms with van der Waals surface area (Å²) >= 11 is 0. The standard InChI is InChI=1S/C13H12BF3NO/c1-10-4-2-6-12(18-10)9-19-13-7-3-5-11(8-13)14(15,16)17/h2-8H,9H2,1H3/q-1. The molecule has 1 aromatic carbocycles. The molecule has 0 N–H and O–H groups in total. The SMILES string of the molecule is Cc1cccc(COc2cccc([B-](F)(F)F)c2)n1. The van der Waals surface area contributed by atoms with Gasteiger partial charge in [0.05, 0.1) is 5.69 Å². The molecule has 2 aromatic rings. The lowest BCUT2D eigenvalue weighted by Gasteiger charge is -2.16. The Labute approximate surface area is 109 Å². The van der Waals surface area contributed by atoms with E-state index in [1.54, 1.807) is 6.07 Å². The quantitative estimate of drug-likeness (QED) is 0.793. The fourth-order valence-electron chi connectivity index (χ4n) is 1.65. The number of halogens is 3. The molecule has 19 heavy (non-hydrogen) atoms. The molecule has 2 nitrogen and oxygen atoms in total. The number of aromatic nitrogens is 1. The van der Waals surface area contributed by atoms with Crippen LogP contribution in [0.2, 0.25) is 0 Å². The van der Waals surface area contributed by atoms with E-state index in [9.17, 15) is 12.9 Å². The first-order valence-corrected chi connectivity index (χ1v) is 5.80. The molecule has 0 amide bonds. The first kappa shape index (κ1) is 13.5. The maximum Gasteiger partial charge on any atom is 0.509 e. The van der Waals surface area contributed by atoms with Crippen molar-refractivity contribution >= 4 is 12.4 Å². The van der Waals surface area contributed by atoms with Crippen LogP contribution in [-0.2, 0) is 6.61 Å². The van der Waals surface area contributed by atoms with Gasteiger partial charge >= 0.3 is 6.98 Å². The second kappa shape index (κ2) is 5.34. The lowest BCUT2D eigenvalue weighted by Crippen LogP contribution is -2.33. The Kier molecular flexibility index (Phi) is 3.78. The molecule has 0 unspecified atom stereocenters. The second-order valence-electron chi connectivity index (χ2n) is 4.21. The van der Waals surface area contributed by atoms with Crippen molar-refractivity contribution in [2.75, 3.05) is 0 Å². The summed E-state index contributed by atoms with van der Waals surface area (Å²) in [6.45, 7) is -3.01. The number of aryl methyl sites for hydroxylation is 1. The highest BCUT2D eigenvalue weighted by molar-refractivity contribution is 6.73. The minimum Gasteiger partial charge on any atom is -0.487 e. The molecule has 0 atom stereocenters. The molecule has 0 spiro atoms. The summed E-state index contributed by atoms with van der Waals surface area (Å²) in [5.74, 6) is 0.194. The molecule has 0 bridgehead atoms. The minimum atomic E-state index is -5.00. The number of ether oxygens (including phenoxy) is 1. The fraction of sp³-hybridized carbons (Fsp3) is 0.154. The van der Waals surface area contributed by atoms with E-state index < -0.39 is 12.4 Å². The zero-order valence-corrected chi connectivity index (χ0v) is 10.3. The van der Waals surface area contributed by atoms with Gasteiger partial charge < -0.3 is 17.7 Å². The largest absolute Gasteiger partial charge is 0.509 e. The van der Waals surface area contributed by atoms with Gasteiger partial charge in [-0.05, 0) is 31.2 Å². The smallest absolute Gasteiger partial charge is 0.487 e. The van der Waals surface area contributed by atoms with E-state index in [2.05, 4.69) is 4.98 Å². The summed E-state index contributed by atoms with van der Waals surface area (Å²) in [4.78, 5) is 4.22. The van der Waals surface area contributed by atoms with Gasteiger partial charge in [0, 0.05) is 5.69 Å². The van der Waals surface area contributed by atoms with Gasteiger partial charge in [-0.15, -0.1) is 5.46 Å². The number of benzene rings is 1. The Morgan fingerprint density at radius 1 is 1.11 bits per heavy atom. The Hall–Kier alpha value is -1.98.